The molecule has 0 saturated heterocycles. The normalized spacial score (nSPS) is 11.7. The first-order valence-electron chi connectivity index (χ1n) is 9.09. The van der Waals surface area contributed by atoms with Crippen LogP contribution in [0.5, 0.6) is 0 Å². The number of hydrogen-bond donors (Lipinski definition) is 2. The third-order valence-corrected chi connectivity index (χ3v) is 6.48. The van der Waals surface area contributed by atoms with Crippen molar-refractivity contribution in [3.8, 4) is 0 Å². The maximum absolute atomic E-state index is 13.3. The van der Waals surface area contributed by atoms with Crippen molar-refractivity contribution in [1.82, 2.24) is 0 Å². The summed E-state index contributed by atoms with van der Waals surface area (Å²) in [5.74, 6) is -3.01. The molecule has 0 heterocycles. The van der Waals surface area contributed by atoms with Crippen molar-refractivity contribution in [2.24, 2.45) is 0 Å². The predicted molar refractivity (Wildman–Crippen MR) is 117 cm³/mol. The van der Waals surface area contributed by atoms with Crippen molar-refractivity contribution in [2.75, 3.05) is 16.3 Å². The van der Waals surface area contributed by atoms with Crippen LogP contribution in [0.4, 0.5) is 20.2 Å². The van der Waals surface area contributed by atoms with Crippen LogP contribution in [0.25, 0.3) is 0 Å². The van der Waals surface area contributed by atoms with Gasteiger partial charge in [0.05, 0.1) is 10.6 Å². The van der Waals surface area contributed by atoms with E-state index in [1.54, 1.807) is 12.1 Å². The van der Waals surface area contributed by atoms with Crippen molar-refractivity contribution in [3.05, 3.63) is 89.5 Å². The van der Waals surface area contributed by atoms with Crippen molar-refractivity contribution in [3.63, 3.8) is 0 Å². The molecule has 2 N–H and O–H groups in total. The van der Waals surface area contributed by atoms with E-state index in [0.29, 0.717) is 22.9 Å². The molecule has 0 unspecified atom stereocenters. The lowest BCUT2D eigenvalue weighted by Gasteiger charge is -2.10. The van der Waals surface area contributed by atoms with E-state index >= 15 is 0 Å². The minimum Gasteiger partial charge on any atom is -0.322 e. The van der Waals surface area contributed by atoms with Gasteiger partial charge < -0.3 is 5.32 Å². The summed E-state index contributed by atoms with van der Waals surface area (Å²) in [6.07, 6.45) is 1.12. The van der Waals surface area contributed by atoms with Crippen LogP contribution in [0.1, 0.15) is 15.9 Å². The molecule has 0 fully saturated rings. The standard InChI is InChI=1S/C21H18F2N2O5S2/c1-31(27,28)13-14-2-4-15(5-3-14)21(26)24-16-6-8-17(9-7-16)25-32(29,30)18-10-11-19(22)20(23)12-18/h2-12,25H,13H2,1H3,(H,24,26). The maximum Gasteiger partial charge on any atom is 0.261 e. The molecule has 0 atom stereocenters. The summed E-state index contributed by atoms with van der Waals surface area (Å²) in [7, 11) is -7.32. The van der Waals surface area contributed by atoms with Crippen LogP contribution in [-0.4, -0.2) is 29.0 Å². The topological polar surface area (TPSA) is 109 Å². The number of carbonyl (C=O) groups is 1. The Morgan fingerprint density at radius 2 is 1.41 bits per heavy atom. The van der Waals surface area contributed by atoms with Gasteiger partial charge in [-0.3, -0.25) is 9.52 Å². The zero-order valence-electron chi connectivity index (χ0n) is 16.7. The number of nitrogens with one attached hydrogen (secondary N) is 2. The molecule has 0 aliphatic carbocycles. The molecule has 0 bridgehead atoms. The van der Waals surface area contributed by atoms with Crippen molar-refractivity contribution in [1.29, 1.82) is 0 Å². The van der Waals surface area contributed by atoms with Gasteiger partial charge in [-0.05, 0) is 60.2 Å². The Kier molecular flexibility index (Phi) is 6.60. The minimum atomic E-state index is -4.14. The van der Waals surface area contributed by atoms with E-state index in [2.05, 4.69) is 10.0 Å². The number of benzene rings is 3. The summed E-state index contributed by atoms with van der Waals surface area (Å²) in [5.41, 5.74) is 1.40. The highest BCUT2D eigenvalue weighted by atomic mass is 32.2. The number of hydrogen-bond acceptors (Lipinski definition) is 5. The highest BCUT2D eigenvalue weighted by Gasteiger charge is 2.17. The molecule has 0 aliphatic rings. The van der Waals surface area contributed by atoms with Crippen LogP contribution in [0, 0.1) is 11.6 Å². The van der Waals surface area contributed by atoms with Gasteiger partial charge in [0.1, 0.15) is 0 Å². The van der Waals surface area contributed by atoms with E-state index in [1.807, 2.05) is 0 Å². The highest BCUT2D eigenvalue weighted by Crippen LogP contribution is 2.20. The summed E-state index contributed by atoms with van der Waals surface area (Å²) >= 11 is 0. The molecule has 7 nitrogen and oxygen atoms in total. The molecular weight excluding hydrogens is 462 g/mol. The molecule has 0 saturated carbocycles. The molecule has 0 aliphatic heterocycles. The number of rotatable bonds is 7. The Labute approximate surface area is 184 Å². The lowest BCUT2D eigenvalue weighted by atomic mass is 10.1. The molecule has 0 radical (unpaired) electrons. The second-order valence-electron chi connectivity index (χ2n) is 6.98. The summed E-state index contributed by atoms with van der Waals surface area (Å²) in [4.78, 5) is 11.9. The van der Waals surface area contributed by atoms with E-state index in [9.17, 15) is 30.4 Å². The van der Waals surface area contributed by atoms with Crippen LogP contribution in [0.2, 0.25) is 0 Å². The Morgan fingerprint density at radius 3 is 1.97 bits per heavy atom. The van der Waals surface area contributed by atoms with Crippen LogP contribution in [-0.2, 0) is 25.6 Å². The molecule has 3 aromatic rings. The Bertz CT molecular complexity index is 1360. The Hall–Kier alpha value is -3.31. The van der Waals surface area contributed by atoms with E-state index in [4.69, 9.17) is 0 Å². The fourth-order valence-corrected chi connectivity index (χ4v) is 4.61. The van der Waals surface area contributed by atoms with Crippen molar-refractivity contribution in [2.45, 2.75) is 10.6 Å². The summed E-state index contributed by atoms with van der Waals surface area (Å²) in [6, 6.07) is 14.0. The first-order valence-corrected chi connectivity index (χ1v) is 12.6. The minimum absolute atomic E-state index is 0.128. The number of halogens is 2. The maximum atomic E-state index is 13.3. The molecule has 168 valence electrons. The lowest BCUT2D eigenvalue weighted by molar-refractivity contribution is 0.102. The molecule has 0 aromatic heterocycles. The van der Waals surface area contributed by atoms with Crippen molar-refractivity contribution < 1.29 is 30.4 Å². The fraction of sp³-hybridized carbons (Fsp3) is 0.0952. The van der Waals surface area contributed by atoms with Crippen LogP contribution in [0.3, 0.4) is 0 Å². The average molecular weight is 481 g/mol. The van der Waals surface area contributed by atoms with Gasteiger partial charge in [-0.15, -0.1) is 0 Å². The zero-order valence-corrected chi connectivity index (χ0v) is 18.3. The van der Waals surface area contributed by atoms with Gasteiger partial charge in [-0.1, -0.05) is 12.1 Å². The van der Waals surface area contributed by atoms with Crippen LogP contribution < -0.4 is 10.0 Å². The van der Waals surface area contributed by atoms with E-state index < -0.39 is 42.3 Å². The van der Waals surface area contributed by atoms with E-state index in [0.717, 1.165) is 18.4 Å². The first-order chi connectivity index (χ1) is 14.9. The zero-order chi connectivity index (χ0) is 23.5. The summed E-state index contributed by atoms with van der Waals surface area (Å²) in [6.45, 7) is 0. The van der Waals surface area contributed by atoms with Gasteiger partial charge in [0.15, 0.2) is 21.5 Å². The Morgan fingerprint density at radius 1 is 0.812 bits per heavy atom. The van der Waals surface area contributed by atoms with Gasteiger partial charge in [-0.2, -0.15) is 0 Å². The van der Waals surface area contributed by atoms with Gasteiger partial charge in [0, 0.05) is 23.2 Å². The lowest BCUT2D eigenvalue weighted by Crippen LogP contribution is -2.14. The summed E-state index contributed by atoms with van der Waals surface area (Å²) in [5, 5.41) is 2.64. The van der Waals surface area contributed by atoms with Crippen LogP contribution in [0.15, 0.2) is 71.6 Å². The average Bonchev–Trinajstić information content (AvgIpc) is 2.70. The van der Waals surface area contributed by atoms with Gasteiger partial charge in [0.2, 0.25) is 0 Å². The smallest absolute Gasteiger partial charge is 0.261 e. The third kappa shape index (κ3) is 6.11. The molecular formula is C21H18F2N2O5S2. The first kappa shape index (κ1) is 23.4. The molecule has 11 heteroatoms. The van der Waals surface area contributed by atoms with Crippen LogP contribution >= 0.6 is 0 Å². The van der Waals surface area contributed by atoms with Gasteiger partial charge >= 0.3 is 0 Å². The van der Waals surface area contributed by atoms with E-state index in [1.165, 1.54) is 36.4 Å². The van der Waals surface area contributed by atoms with Gasteiger partial charge in [-0.25, -0.2) is 25.6 Å². The number of sulfone groups is 1. The quantitative estimate of drug-likeness (QED) is 0.537. The number of amides is 1. The van der Waals surface area contributed by atoms with Crippen molar-refractivity contribution >= 4 is 37.1 Å². The summed E-state index contributed by atoms with van der Waals surface area (Å²) < 4.78 is 75.9. The van der Waals surface area contributed by atoms with E-state index in [-0.39, 0.29) is 11.4 Å². The molecule has 32 heavy (non-hydrogen) atoms. The largest absolute Gasteiger partial charge is 0.322 e. The molecule has 3 rings (SSSR count). The van der Waals surface area contributed by atoms with Gasteiger partial charge in [0.25, 0.3) is 15.9 Å². The Balaban J connectivity index is 1.66. The second-order valence-corrected chi connectivity index (χ2v) is 10.8. The predicted octanol–water partition coefficient (Wildman–Crippen LogP) is 3.56. The number of anilines is 2. The molecule has 3 aromatic carbocycles. The second kappa shape index (κ2) is 9.05. The highest BCUT2D eigenvalue weighted by molar-refractivity contribution is 7.92. The molecule has 0 spiro atoms. The third-order valence-electron chi connectivity index (χ3n) is 4.24. The molecule has 1 amide bonds. The number of carbonyl (C=O) groups excluding carboxylic acids is 1. The SMILES string of the molecule is CS(=O)(=O)Cc1ccc(C(=O)Nc2ccc(NS(=O)(=O)c3ccc(F)c(F)c3)cc2)cc1. The monoisotopic (exact) mass is 480 g/mol. The fourth-order valence-electron chi connectivity index (χ4n) is 2.74. The number of sulfonamides is 1.